The first kappa shape index (κ1) is 29.3. The summed E-state index contributed by atoms with van der Waals surface area (Å²) in [7, 11) is 0. The molecule has 2 aliphatic rings. The van der Waals surface area contributed by atoms with Gasteiger partial charge in [0.05, 0.1) is 12.5 Å². The van der Waals surface area contributed by atoms with E-state index in [4.69, 9.17) is 21.1 Å². The van der Waals surface area contributed by atoms with Crippen molar-refractivity contribution in [2.45, 2.75) is 51.8 Å². The largest absolute Gasteiger partial charge is 0.457 e. The van der Waals surface area contributed by atoms with E-state index in [0.29, 0.717) is 30.0 Å². The number of Topliss-reactive ketones (excluding diaryl/α,β-unsaturated/α-hetero) is 1. The highest BCUT2D eigenvalue weighted by atomic mass is 35.5. The van der Waals surface area contributed by atoms with Gasteiger partial charge in [-0.25, -0.2) is 4.79 Å². The summed E-state index contributed by atoms with van der Waals surface area (Å²) in [5.74, 6) is -1.93. The Labute approximate surface area is 239 Å². The SMILES string of the molecule is C=CC[C@H]1CN(C(=O)C2Cc3ccc(Cl)cc3CN2C(=O)OC(C)(C)C)CC1C(=O)OCC(=O)c1ccccc1. The lowest BCUT2D eigenvalue weighted by Crippen LogP contribution is -2.54. The molecule has 40 heavy (non-hydrogen) atoms. The molecule has 0 radical (unpaired) electrons. The number of nitrogens with zero attached hydrogens (tertiary/aromatic N) is 2. The van der Waals surface area contributed by atoms with Crippen LogP contribution in [0.1, 0.15) is 48.7 Å². The van der Waals surface area contributed by atoms with E-state index in [1.54, 1.807) is 74.2 Å². The molecular formula is C31H35ClN2O6. The second-order valence-corrected chi connectivity index (χ2v) is 11.7. The van der Waals surface area contributed by atoms with Gasteiger partial charge in [-0.05, 0) is 56.4 Å². The molecule has 2 unspecified atom stereocenters. The van der Waals surface area contributed by atoms with Gasteiger partial charge in [-0.3, -0.25) is 19.3 Å². The molecule has 2 aromatic rings. The number of ether oxygens (including phenoxy) is 2. The zero-order valence-electron chi connectivity index (χ0n) is 23.1. The third kappa shape index (κ3) is 6.91. The molecule has 0 N–H and O–H groups in total. The number of hydrogen-bond acceptors (Lipinski definition) is 6. The van der Waals surface area contributed by atoms with Crippen molar-refractivity contribution < 1.29 is 28.7 Å². The van der Waals surface area contributed by atoms with E-state index in [9.17, 15) is 19.2 Å². The van der Waals surface area contributed by atoms with Crippen LogP contribution in [0.2, 0.25) is 5.02 Å². The van der Waals surface area contributed by atoms with Crippen LogP contribution in [0.25, 0.3) is 0 Å². The van der Waals surface area contributed by atoms with Crippen LogP contribution < -0.4 is 0 Å². The van der Waals surface area contributed by atoms with Crippen molar-refractivity contribution >= 4 is 35.4 Å². The number of benzene rings is 2. The molecule has 212 valence electrons. The number of hydrogen-bond donors (Lipinski definition) is 0. The Bertz CT molecular complexity index is 1290. The standard InChI is InChI=1S/C31H35ClN2O6/c1-5-9-22-16-33(18-25(22)29(37)39-19-27(35)20-10-7-6-8-11-20)28(36)26-15-21-12-13-24(32)14-23(21)17-34(26)30(38)40-31(2,3)4/h5-8,10-14,22,25-26H,1,9,15-19H2,2-4H3/t22-,25?,26?/m0/s1. The smallest absolute Gasteiger partial charge is 0.411 e. The van der Waals surface area contributed by atoms with Crippen LogP contribution >= 0.6 is 11.6 Å². The van der Waals surface area contributed by atoms with Gasteiger partial charge in [-0.2, -0.15) is 0 Å². The zero-order chi connectivity index (χ0) is 29.0. The summed E-state index contributed by atoms with van der Waals surface area (Å²) in [6.07, 6.45) is 1.92. The fraction of sp³-hybridized carbons (Fsp3) is 0.419. The van der Waals surface area contributed by atoms with Crippen LogP contribution in [-0.4, -0.2) is 64.9 Å². The first-order valence-corrected chi connectivity index (χ1v) is 13.8. The number of rotatable bonds is 7. The Morgan fingerprint density at radius 1 is 1.05 bits per heavy atom. The van der Waals surface area contributed by atoms with Gasteiger partial charge in [-0.1, -0.05) is 54.1 Å². The Kier molecular flexibility index (Phi) is 8.98. The van der Waals surface area contributed by atoms with E-state index in [-0.39, 0.29) is 37.3 Å². The Morgan fingerprint density at radius 2 is 1.77 bits per heavy atom. The van der Waals surface area contributed by atoms with Gasteiger partial charge < -0.3 is 14.4 Å². The molecule has 2 amide bonds. The minimum atomic E-state index is -0.803. The molecule has 4 rings (SSSR count). The Morgan fingerprint density at radius 3 is 2.45 bits per heavy atom. The van der Waals surface area contributed by atoms with Gasteiger partial charge in [0, 0.05) is 30.1 Å². The van der Waals surface area contributed by atoms with E-state index >= 15 is 0 Å². The molecule has 1 saturated heterocycles. The normalized spacial score (nSPS) is 20.4. The summed E-state index contributed by atoms with van der Waals surface area (Å²) in [4.78, 5) is 55.8. The second kappa shape index (κ2) is 12.3. The topological polar surface area (TPSA) is 93.2 Å². The quantitative estimate of drug-likeness (QED) is 0.264. The number of likely N-dealkylation sites (tertiary alicyclic amines) is 1. The van der Waals surface area contributed by atoms with Gasteiger partial charge in [0.15, 0.2) is 12.4 Å². The molecule has 3 atom stereocenters. The first-order valence-electron chi connectivity index (χ1n) is 13.4. The molecule has 0 bridgehead atoms. The molecule has 0 aromatic heterocycles. The number of allylic oxidation sites excluding steroid dienone is 1. The zero-order valence-corrected chi connectivity index (χ0v) is 23.9. The van der Waals surface area contributed by atoms with Crippen LogP contribution in [-0.2, 0) is 32.0 Å². The summed E-state index contributed by atoms with van der Waals surface area (Å²) < 4.78 is 11.0. The molecule has 2 aromatic carbocycles. The summed E-state index contributed by atoms with van der Waals surface area (Å²) in [5.41, 5.74) is 1.51. The van der Waals surface area contributed by atoms with E-state index in [2.05, 4.69) is 6.58 Å². The maximum absolute atomic E-state index is 13.9. The van der Waals surface area contributed by atoms with Crippen molar-refractivity contribution in [3.63, 3.8) is 0 Å². The predicted molar refractivity (Wildman–Crippen MR) is 151 cm³/mol. The molecule has 9 heteroatoms. The molecule has 8 nitrogen and oxygen atoms in total. The second-order valence-electron chi connectivity index (χ2n) is 11.3. The summed E-state index contributed by atoms with van der Waals surface area (Å²) in [5, 5.41) is 0.548. The number of esters is 1. The number of carbonyl (C=O) groups excluding carboxylic acids is 4. The van der Waals surface area contributed by atoms with Crippen LogP contribution in [0.5, 0.6) is 0 Å². The van der Waals surface area contributed by atoms with Crippen LogP contribution in [0.3, 0.4) is 0 Å². The van der Waals surface area contributed by atoms with Crippen molar-refractivity contribution in [2.75, 3.05) is 19.7 Å². The van der Waals surface area contributed by atoms with Crippen molar-refractivity contribution in [2.24, 2.45) is 11.8 Å². The number of halogens is 1. The number of amides is 2. The highest BCUT2D eigenvalue weighted by Gasteiger charge is 2.45. The van der Waals surface area contributed by atoms with E-state index < -0.39 is 29.6 Å². The molecule has 0 aliphatic carbocycles. The minimum Gasteiger partial charge on any atom is -0.457 e. The molecular weight excluding hydrogens is 532 g/mol. The van der Waals surface area contributed by atoms with Gasteiger partial charge in [0.1, 0.15) is 11.6 Å². The minimum absolute atomic E-state index is 0.127. The van der Waals surface area contributed by atoms with Crippen molar-refractivity contribution in [3.8, 4) is 0 Å². The first-order chi connectivity index (χ1) is 19.0. The maximum Gasteiger partial charge on any atom is 0.411 e. The van der Waals surface area contributed by atoms with E-state index in [1.165, 1.54) is 4.90 Å². The van der Waals surface area contributed by atoms with E-state index in [1.807, 2.05) is 6.07 Å². The van der Waals surface area contributed by atoms with Gasteiger partial charge in [0.2, 0.25) is 5.91 Å². The fourth-order valence-corrected chi connectivity index (χ4v) is 5.41. The summed E-state index contributed by atoms with van der Waals surface area (Å²) >= 11 is 6.20. The van der Waals surface area contributed by atoms with Crippen molar-refractivity contribution in [3.05, 3.63) is 82.9 Å². The highest BCUT2D eigenvalue weighted by molar-refractivity contribution is 6.30. The lowest BCUT2D eigenvalue weighted by Gasteiger charge is -2.38. The lowest BCUT2D eigenvalue weighted by molar-refractivity contribution is -0.148. The predicted octanol–water partition coefficient (Wildman–Crippen LogP) is 5.08. The van der Waals surface area contributed by atoms with Crippen molar-refractivity contribution in [1.82, 2.24) is 9.80 Å². The lowest BCUT2D eigenvalue weighted by atomic mass is 9.93. The molecule has 0 saturated carbocycles. The number of ketones is 1. The molecule has 2 aliphatic heterocycles. The van der Waals surface area contributed by atoms with Crippen molar-refractivity contribution in [1.29, 1.82) is 0 Å². The number of fused-ring (bicyclic) bond motifs is 1. The fourth-order valence-electron chi connectivity index (χ4n) is 5.22. The summed E-state index contributed by atoms with van der Waals surface area (Å²) in [6, 6.07) is 13.3. The molecule has 1 fully saturated rings. The van der Waals surface area contributed by atoms with Crippen LogP contribution in [0.15, 0.2) is 61.2 Å². The van der Waals surface area contributed by atoms with Crippen LogP contribution in [0.4, 0.5) is 4.79 Å². The monoisotopic (exact) mass is 566 g/mol. The molecule has 2 heterocycles. The Hall–Kier alpha value is -3.65. The van der Waals surface area contributed by atoms with Gasteiger partial charge in [0.25, 0.3) is 0 Å². The van der Waals surface area contributed by atoms with Gasteiger partial charge in [-0.15, -0.1) is 6.58 Å². The third-order valence-electron chi connectivity index (χ3n) is 7.18. The number of carbonyl (C=O) groups is 4. The third-order valence-corrected chi connectivity index (χ3v) is 7.41. The van der Waals surface area contributed by atoms with Crippen LogP contribution in [0, 0.1) is 11.8 Å². The average molecular weight is 567 g/mol. The molecule has 0 spiro atoms. The maximum atomic E-state index is 13.9. The Balaban J connectivity index is 1.51. The average Bonchev–Trinajstić information content (AvgIpc) is 3.34. The van der Waals surface area contributed by atoms with Gasteiger partial charge >= 0.3 is 12.1 Å². The summed E-state index contributed by atoms with van der Waals surface area (Å²) in [6.45, 7) is 9.37. The van der Waals surface area contributed by atoms with E-state index in [0.717, 1.165) is 11.1 Å². The highest BCUT2D eigenvalue weighted by Crippen LogP contribution is 2.32.